The van der Waals surface area contributed by atoms with Gasteiger partial charge in [-0.05, 0) is 18.1 Å². The minimum absolute atomic E-state index is 0.0708. The molecule has 0 spiro atoms. The number of fused-ring (bicyclic) bond motifs is 1. The van der Waals surface area contributed by atoms with Crippen molar-refractivity contribution in [3.8, 4) is 0 Å². The monoisotopic (exact) mass is 273 g/mol. The Labute approximate surface area is 107 Å². The number of nitrogens with one attached hydrogen (secondary N) is 1. The van der Waals surface area contributed by atoms with Gasteiger partial charge in [0.25, 0.3) is 5.82 Å². The third-order valence-electron chi connectivity index (χ3n) is 2.84. The first-order chi connectivity index (χ1) is 8.91. The fourth-order valence-electron chi connectivity index (χ4n) is 1.48. The number of alkyl halides is 3. The third kappa shape index (κ3) is 2.94. The SMILES string of the molecule is CCC(C)CNc1ccc2nnc(C(F)(F)F)n2n1. The Morgan fingerprint density at radius 2 is 2.05 bits per heavy atom. The molecule has 0 saturated heterocycles. The molecule has 0 aromatic carbocycles. The van der Waals surface area contributed by atoms with E-state index in [4.69, 9.17) is 0 Å². The Morgan fingerprint density at radius 1 is 1.32 bits per heavy atom. The van der Waals surface area contributed by atoms with E-state index in [-0.39, 0.29) is 5.65 Å². The summed E-state index contributed by atoms with van der Waals surface area (Å²) < 4.78 is 38.7. The summed E-state index contributed by atoms with van der Waals surface area (Å²) in [7, 11) is 0. The van der Waals surface area contributed by atoms with Crippen LogP contribution in [0.2, 0.25) is 0 Å². The lowest BCUT2D eigenvalue weighted by Crippen LogP contribution is -2.15. The van der Waals surface area contributed by atoms with Gasteiger partial charge in [0.1, 0.15) is 5.82 Å². The van der Waals surface area contributed by atoms with Crippen molar-refractivity contribution in [3.05, 3.63) is 18.0 Å². The summed E-state index contributed by atoms with van der Waals surface area (Å²) in [5, 5.41) is 13.4. The van der Waals surface area contributed by atoms with E-state index in [1.165, 1.54) is 6.07 Å². The van der Waals surface area contributed by atoms with Gasteiger partial charge in [-0.2, -0.15) is 17.7 Å². The van der Waals surface area contributed by atoms with Crippen molar-refractivity contribution in [1.82, 2.24) is 19.8 Å². The Bertz CT molecular complexity index is 563. The summed E-state index contributed by atoms with van der Waals surface area (Å²) in [6.45, 7) is 4.74. The number of aromatic nitrogens is 4. The summed E-state index contributed by atoms with van der Waals surface area (Å²) in [5.41, 5.74) is 0.0708. The maximum absolute atomic E-state index is 12.7. The molecule has 0 fully saturated rings. The van der Waals surface area contributed by atoms with E-state index in [0.29, 0.717) is 22.8 Å². The third-order valence-corrected chi connectivity index (χ3v) is 2.84. The van der Waals surface area contributed by atoms with E-state index in [1.807, 2.05) is 13.8 Å². The van der Waals surface area contributed by atoms with Crippen molar-refractivity contribution in [2.24, 2.45) is 5.92 Å². The van der Waals surface area contributed by atoms with Gasteiger partial charge in [0.05, 0.1) is 0 Å². The van der Waals surface area contributed by atoms with Crippen LogP contribution in [0.15, 0.2) is 12.1 Å². The van der Waals surface area contributed by atoms with Gasteiger partial charge in [0.15, 0.2) is 5.65 Å². The highest BCUT2D eigenvalue weighted by Gasteiger charge is 2.37. The summed E-state index contributed by atoms with van der Waals surface area (Å²) >= 11 is 0. The van der Waals surface area contributed by atoms with Crippen LogP contribution in [-0.4, -0.2) is 26.4 Å². The molecule has 2 aromatic heterocycles. The second kappa shape index (κ2) is 5.02. The van der Waals surface area contributed by atoms with Crippen LogP contribution in [0.4, 0.5) is 19.0 Å². The van der Waals surface area contributed by atoms with Gasteiger partial charge in [-0.25, -0.2) is 0 Å². The zero-order chi connectivity index (χ0) is 14.0. The first-order valence-corrected chi connectivity index (χ1v) is 5.95. The van der Waals surface area contributed by atoms with Gasteiger partial charge in [-0.3, -0.25) is 0 Å². The lowest BCUT2D eigenvalue weighted by Gasteiger charge is -2.11. The standard InChI is InChI=1S/C11H14F3N5/c1-3-7(2)6-15-8-4-5-9-16-17-10(11(12,13)14)19(9)18-8/h4-5,7H,3,6H2,1-2H3,(H,15,18). The second-order valence-corrected chi connectivity index (χ2v) is 4.40. The Hall–Kier alpha value is -1.86. The molecule has 8 heteroatoms. The predicted molar refractivity (Wildman–Crippen MR) is 63.7 cm³/mol. The number of halogens is 3. The van der Waals surface area contributed by atoms with E-state index < -0.39 is 12.0 Å². The molecule has 104 valence electrons. The van der Waals surface area contributed by atoms with Gasteiger partial charge in [0.2, 0.25) is 0 Å². The van der Waals surface area contributed by atoms with Crippen LogP contribution in [0.3, 0.4) is 0 Å². The van der Waals surface area contributed by atoms with Crippen molar-refractivity contribution >= 4 is 11.5 Å². The van der Waals surface area contributed by atoms with Crippen LogP contribution in [-0.2, 0) is 6.18 Å². The largest absolute Gasteiger partial charge is 0.453 e. The van der Waals surface area contributed by atoms with Crippen molar-refractivity contribution in [1.29, 1.82) is 0 Å². The zero-order valence-corrected chi connectivity index (χ0v) is 10.6. The number of anilines is 1. The maximum Gasteiger partial charge on any atom is 0.453 e. The number of hydrogen-bond donors (Lipinski definition) is 1. The minimum Gasteiger partial charge on any atom is -0.368 e. The molecule has 0 aliphatic carbocycles. The highest BCUT2D eigenvalue weighted by Crippen LogP contribution is 2.27. The molecule has 0 radical (unpaired) electrons. The Balaban J connectivity index is 2.28. The molecule has 5 nitrogen and oxygen atoms in total. The minimum atomic E-state index is -4.57. The molecule has 0 amide bonds. The highest BCUT2D eigenvalue weighted by molar-refractivity contribution is 5.44. The fourth-order valence-corrected chi connectivity index (χ4v) is 1.48. The lowest BCUT2D eigenvalue weighted by molar-refractivity contribution is -0.146. The highest BCUT2D eigenvalue weighted by atomic mass is 19.4. The van der Waals surface area contributed by atoms with E-state index in [1.54, 1.807) is 6.07 Å². The molecule has 1 atom stereocenters. The Kier molecular flexibility index (Phi) is 3.59. The van der Waals surface area contributed by atoms with Crippen LogP contribution < -0.4 is 5.32 Å². The van der Waals surface area contributed by atoms with Gasteiger partial charge in [-0.1, -0.05) is 20.3 Å². The van der Waals surface area contributed by atoms with Gasteiger partial charge < -0.3 is 5.32 Å². The normalized spacial score (nSPS) is 13.7. The number of nitrogens with zero attached hydrogens (tertiary/aromatic N) is 4. The zero-order valence-electron chi connectivity index (χ0n) is 10.6. The molecule has 2 heterocycles. The number of hydrogen-bond acceptors (Lipinski definition) is 4. The van der Waals surface area contributed by atoms with Crippen molar-refractivity contribution in [2.75, 3.05) is 11.9 Å². The van der Waals surface area contributed by atoms with Gasteiger partial charge >= 0.3 is 6.18 Å². The molecule has 1 unspecified atom stereocenters. The summed E-state index contributed by atoms with van der Waals surface area (Å²) in [6, 6.07) is 3.04. The average Bonchev–Trinajstić information content (AvgIpc) is 2.78. The van der Waals surface area contributed by atoms with E-state index in [2.05, 4.69) is 20.6 Å². The number of rotatable bonds is 4. The van der Waals surface area contributed by atoms with Crippen molar-refractivity contribution in [3.63, 3.8) is 0 Å². The van der Waals surface area contributed by atoms with E-state index in [0.717, 1.165) is 6.42 Å². The summed E-state index contributed by atoms with van der Waals surface area (Å²) in [5.74, 6) is -0.326. The van der Waals surface area contributed by atoms with Gasteiger partial charge in [0, 0.05) is 6.54 Å². The molecule has 2 rings (SSSR count). The molecule has 0 bridgehead atoms. The lowest BCUT2D eigenvalue weighted by atomic mass is 10.1. The van der Waals surface area contributed by atoms with E-state index >= 15 is 0 Å². The quantitative estimate of drug-likeness (QED) is 0.930. The fraction of sp³-hybridized carbons (Fsp3) is 0.545. The van der Waals surface area contributed by atoms with Crippen molar-refractivity contribution < 1.29 is 13.2 Å². The first kappa shape index (κ1) is 13.6. The second-order valence-electron chi connectivity index (χ2n) is 4.40. The van der Waals surface area contributed by atoms with Crippen LogP contribution >= 0.6 is 0 Å². The molecular weight excluding hydrogens is 259 g/mol. The van der Waals surface area contributed by atoms with Gasteiger partial charge in [-0.15, -0.1) is 15.3 Å². The van der Waals surface area contributed by atoms with Crippen LogP contribution in [0.25, 0.3) is 5.65 Å². The molecule has 1 N–H and O–H groups in total. The molecular formula is C11H14F3N5. The molecule has 2 aromatic rings. The Morgan fingerprint density at radius 3 is 2.68 bits per heavy atom. The summed E-state index contributed by atoms with van der Waals surface area (Å²) in [4.78, 5) is 0. The van der Waals surface area contributed by atoms with Crippen LogP contribution in [0.1, 0.15) is 26.1 Å². The van der Waals surface area contributed by atoms with E-state index in [9.17, 15) is 13.2 Å². The van der Waals surface area contributed by atoms with Crippen LogP contribution in [0.5, 0.6) is 0 Å². The predicted octanol–water partition coefficient (Wildman–Crippen LogP) is 2.60. The maximum atomic E-state index is 12.7. The molecule has 19 heavy (non-hydrogen) atoms. The molecule has 0 saturated carbocycles. The molecule has 0 aliphatic rings. The molecule has 0 aliphatic heterocycles. The summed E-state index contributed by atoms with van der Waals surface area (Å²) in [6.07, 6.45) is -3.59. The van der Waals surface area contributed by atoms with Crippen molar-refractivity contribution in [2.45, 2.75) is 26.4 Å². The first-order valence-electron chi connectivity index (χ1n) is 5.95. The smallest absolute Gasteiger partial charge is 0.368 e. The van der Waals surface area contributed by atoms with Crippen LogP contribution in [0, 0.1) is 5.92 Å². The average molecular weight is 273 g/mol. The topological polar surface area (TPSA) is 55.1 Å².